The molecular weight excluding hydrogens is 332 g/mol. The zero-order chi connectivity index (χ0) is 18.5. The highest BCUT2D eigenvalue weighted by atomic mass is 16.5. The van der Waals surface area contributed by atoms with Crippen molar-refractivity contribution in [2.24, 2.45) is 0 Å². The summed E-state index contributed by atoms with van der Waals surface area (Å²) in [6.07, 6.45) is 2.13. The van der Waals surface area contributed by atoms with Crippen molar-refractivity contribution in [2.75, 3.05) is 36.9 Å². The van der Waals surface area contributed by atoms with Gasteiger partial charge >= 0.3 is 11.9 Å². The number of carbonyl (C=O) groups is 2. The zero-order valence-electron chi connectivity index (χ0n) is 14.4. The summed E-state index contributed by atoms with van der Waals surface area (Å²) < 4.78 is 9.98. The normalized spacial score (nSPS) is 10.3. The van der Waals surface area contributed by atoms with Gasteiger partial charge in [0.2, 0.25) is 0 Å². The second-order valence-electron chi connectivity index (χ2n) is 5.25. The van der Waals surface area contributed by atoms with E-state index in [1.807, 2.05) is 60.7 Å². The molecule has 2 aromatic carbocycles. The quantitative estimate of drug-likeness (QED) is 0.388. The molecule has 136 valence electrons. The number of anilines is 2. The largest absolute Gasteiger partial charge is 0.461 e. The van der Waals surface area contributed by atoms with E-state index in [0.717, 1.165) is 23.5 Å². The van der Waals surface area contributed by atoms with Crippen molar-refractivity contribution in [2.45, 2.75) is 0 Å². The number of hydrogen-bond acceptors (Lipinski definition) is 6. The van der Waals surface area contributed by atoms with E-state index in [2.05, 4.69) is 10.6 Å². The Balaban J connectivity index is 1.53. The topological polar surface area (TPSA) is 76.7 Å². The third-order valence-corrected chi connectivity index (χ3v) is 3.25. The second kappa shape index (κ2) is 11.3. The van der Waals surface area contributed by atoms with Crippen LogP contribution in [-0.2, 0) is 19.1 Å². The molecule has 0 aliphatic carbocycles. The lowest BCUT2D eigenvalue weighted by molar-refractivity contribution is -0.140. The van der Waals surface area contributed by atoms with E-state index in [4.69, 9.17) is 9.47 Å². The van der Waals surface area contributed by atoms with Crippen molar-refractivity contribution in [3.8, 4) is 0 Å². The molecule has 0 fully saturated rings. The molecule has 0 atom stereocenters. The molecule has 0 bridgehead atoms. The first-order valence-corrected chi connectivity index (χ1v) is 8.33. The summed E-state index contributed by atoms with van der Waals surface area (Å²) in [5.74, 6) is -1.17. The molecule has 6 heteroatoms. The standard InChI is InChI=1S/C20H22N2O4/c23-19(25-15-13-21-17-7-3-1-4-8-17)11-12-20(24)26-16-14-22-18-9-5-2-6-10-18/h1-12,21-22H,13-16H2/b12-11+. The molecule has 6 nitrogen and oxygen atoms in total. The third kappa shape index (κ3) is 8.01. The minimum absolute atomic E-state index is 0.202. The lowest BCUT2D eigenvalue weighted by atomic mass is 10.3. The summed E-state index contributed by atoms with van der Waals surface area (Å²) >= 11 is 0. The number of rotatable bonds is 10. The van der Waals surface area contributed by atoms with E-state index < -0.39 is 11.9 Å². The monoisotopic (exact) mass is 354 g/mol. The van der Waals surface area contributed by atoms with E-state index in [1.165, 1.54) is 0 Å². The predicted molar refractivity (Wildman–Crippen MR) is 101 cm³/mol. The van der Waals surface area contributed by atoms with Crippen LogP contribution in [0.25, 0.3) is 0 Å². The Hall–Kier alpha value is -3.28. The Kier molecular flexibility index (Phi) is 8.28. The fraction of sp³-hybridized carbons (Fsp3) is 0.200. The molecular formula is C20H22N2O4. The summed E-state index contributed by atoms with van der Waals surface area (Å²) in [6, 6.07) is 19.2. The van der Waals surface area contributed by atoms with Crippen molar-refractivity contribution in [1.29, 1.82) is 0 Å². The number of benzene rings is 2. The SMILES string of the molecule is O=C(/C=C/C(=O)OCCNc1ccccc1)OCCNc1ccccc1. The Bertz CT molecular complexity index is 641. The van der Waals surface area contributed by atoms with E-state index in [9.17, 15) is 9.59 Å². The van der Waals surface area contributed by atoms with Crippen molar-refractivity contribution in [1.82, 2.24) is 0 Å². The summed E-state index contributed by atoms with van der Waals surface area (Å²) in [6.45, 7) is 1.38. The number of carbonyl (C=O) groups excluding carboxylic acids is 2. The molecule has 0 radical (unpaired) electrons. The van der Waals surface area contributed by atoms with Crippen LogP contribution in [0.5, 0.6) is 0 Å². The van der Waals surface area contributed by atoms with Crippen molar-refractivity contribution in [3.63, 3.8) is 0 Å². The summed E-state index contributed by atoms with van der Waals surface area (Å²) in [5.41, 5.74) is 1.90. The molecule has 0 aromatic heterocycles. The number of hydrogen-bond donors (Lipinski definition) is 2. The number of ether oxygens (including phenoxy) is 2. The minimum Gasteiger partial charge on any atom is -0.461 e. The van der Waals surface area contributed by atoms with Gasteiger partial charge in [-0.25, -0.2) is 9.59 Å². The smallest absolute Gasteiger partial charge is 0.331 e. The van der Waals surface area contributed by atoms with Gasteiger partial charge in [0.05, 0.1) is 0 Å². The lowest BCUT2D eigenvalue weighted by Crippen LogP contribution is -2.14. The molecule has 26 heavy (non-hydrogen) atoms. The highest BCUT2D eigenvalue weighted by Gasteiger charge is 2.01. The second-order valence-corrected chi connectivity index (χ2v) is 5.25. The van der Waals surface area contributed by atoms with Crippen molar-refractivity contribution >= 4 is 23.3 Å². The van der Waals surface area contributed by atoms with Crippen LogP contribution in [0.4, 0.5) is 11.4 Å². The Labute approximate surface area is 152 Å². The van der Waals surface area contributed by atoms with Crippen LogP contribution in [0, 0.1) is 0 Å². The molecule has 2 N–H and O–H groups in total. The fourth-order valence-corrected chi connectivity index (χ4v) is 2.04. The Morgan fingerprint density at radius 3 is 1.46 bits per heavy atom. The molecule has 0 spiro atoms. The maximum absolute atomic E-state index is 11.5. The number of nitrogens with one attached hydrogen (secondary N) is 2. The summed E-state index contributed by atoms with van der Waals surface area (Å²) in [7, 11) is 0. The molecule has 0 heterocycles. The van der Waals surface area contributed by atoms with E-state index >= 15 is 0 Å². The highest BCUT2D eigenvalue weighted by molar-refractivity contribution is 5.91. The van der Waals surface area contributed by atoms with Gasteiger partial charge in [-0.05, 0) is 24.3 Å². The highest BCUT2D eigenvalue weighted by Crippen LogP contribution is 2.04. The van der Waals surface area contributed by atoms with Gasteiger partial charge in [0.1, 0.15) is 13.2 Å². The molecule has 2 rings (SSSR count). The predicted octanol–water partition coefficient (Wildman–Crippen LogP) is 2.85. The summed E-state index contributed by atoms with van der Waals surface area (Å²) in [5, 5.41) is 6.23. The Morgan fingerprint density at radius 2 is 1.08 bits per heavy atom. The molecule has 0 amide bonds. The first-order valence-electron chi connectivity index (χ1n) is 8.33. The zero-order valence-corrected chi connectivity index (χ0v) is 14.4. The number of esters is 2. The van der Waals surface area contributed by atoms with Gasteiger partial charge in [-0.15, -0.1) is 0 Å². The maximum atomic E-state index is 11.5. The van der Waals surface area contributed by atoms with Crippen LogP contribution in [-0.4, -0.2) is 38.2 Å². The van der Waals surface area contributed by atoms with Crippen LogP contribution >= 0.6 is 0 Å². The Morgan fingerprint density at radius 1 is 0.692 bits per heavy atom. The van der Waals surface area contributed by atoms with Gasteiger partial charge in [0.15, 0.2) is 0 Å². The van der Waals surface area contributed by atoms with Gasteiger partial charge in [0.25, 0.3) is 0 Å². The van der Waals surface area contributed by atoms with E-state index in [1.54, 1.807) is 0 Å². The first-order chi connectivity index (χ1) is 12.7. The molecule has 0 saturated heterocycles. The average molecular weight is 354 g/mol. The van der Waals surface area contributed by atoms with Gasteiger partial charge in [-0.3, -0.25) is 0 Å². The van der Waals surface area contributed by atoms with Gasteiger partial charge in [0, 0.05) is 36.6 Å². The van der Waals surface area contributed by atoms with Crippen LogP contribution in [0.15, 0.2) is 72.8 Å². The van der Waals surface area contributed by atoms with Gasteiger partial charge in [-0.1, -0.05) is 36.4 Å². The lowest BCUT2D eigenvalue weighted by Gasteiger charge is -2.06. The van der Waals surface area contributed by atoms with E-state index in [0.29, 0.717) is 13.1 Å². The number of para-hydroxylation sites is 2. The van der Waals surface area contributed by atoms with Gasteiger partial charge < -0.3 is 20.1 Å². The third-order valence-electron chi connectivity index (χ3n) is 3.25. The molecule has 0 unspecified atom stereocenters. The first kappa shape index (κ1) is 19.1. The molecule has 0 aliphatic rings. The van der Waals surface area contributed by atoms with E-state index in [-0.39, 0.29) is 13.2 Å². The molecule has 0 aliphatic heterocycles. The minimum atomic E-state index is -0.584. The van der Waals surface area contributed by atoms with Crippen LogP contribution in [0.2, 0.25) is 0 Å². The fourth-order valence-electron chi connectivity index (χ4n) is 2.04. The van der Waals surface area contributed by atoms with Crippen molar-refractivity contribution in [3.05, 3.63) is 72.8 Å². The summed E-state index contributed by atoms with van der Waals surface area (Å²) in [4.78, 5) is 23.0. The molecule has 2 aromatic rings. The van der Waals surface area contributed by atoms with Crippen molar-refractivity contribution < 1.29 is 19.1 Å². The van der Waals surface area contributed by atoms with Crippen LogP contribution in [0.1, 0.15) is 0 Å². The average Bonchev–Trinajstić information content (AvgIpc) is 2.68. The van der Waals surface area contributed by atoms with Crippen LogP contribution < -0.4 is 10.6 Å². The maximum Gasteiger partial charge on any atom is 0.331 e. The molecule has 0 saturated carbocycles. The van der Waals surface area contributed by atoms with Gasteiger partial charge in [-0.2, -0.15) is 0 Å². The van der Waals surface area contributed by atoms with Crippen LogP contribution in [0.3, 0.4) is 0 Å².